The highest BCUT2D eigenvalue weighted by Crippen LogP contribution is 2.22. The minimum atomic E-state index is -0.989. The smallest absolute Gasteiger partial charge is 0.224 e. The number of rotatable bonds is 5. The molecule has 0 heterocycles. The average molecular weight is 285 g/mol. The van der Waals surface area contributed by atoms with Crippen LogP contribution in [0.3, 0.4) is 0 Å². The Hall–Kier alpha value is -1.49. The number of aliphatic hydroxyl groups is 1. The van der Waals surface area contributed by atoms with Gasteiger partial charge in [-0.3, -0.25) is 4.79 Å². The van der Waals surface area contributed by atoms with Gasteiger partial charge in [-0.15, -0.1) is 0 Å². The van der Waals surface area contributed by atoms with Crippen LogP contribution in [0.1, 0.15) is 32.8 Å². The van der Waals surface area contributed by atoms with Crippen molar-refractivity contribution >= 4 is 5.91 Å². The van der Waals surface area contributed by atoms with Gasteiger partial charge in [0.05, 0.1) is 6.42 Å². The number of nitrogens with one attached hydrogen (secondary N) is 1. The second-order valence-electron chi connectivity index (χ2n) is 5.89. The molecule has 1 amide bonds. The van der Waals surface area contributed by atoms with Crippen LogP contribution in [-0.2, 0) is 11.2 Å². The molecule has 5 heteroatoms. The lowest BCUT2D eigenvalue weighted by Crippen LogP contribution is -2.44. The molecule has 0 aliphatic carbocycles. The molecular formula is C15H21F2NO2. The molecule has 112 valence electrons. The van der Waals surface area contributed by atoms with E-state index in [-0.39, 0.29) is 36.0 Å². The molecule has 1 unspecified atom stereocenters. The Kier molecular flexibility index (Phi) is 5.62. The van der Waals surface area contributed by atoms with Gasteiger partial charge in [-0.1, -0.05) is 32.9 Å². The van der Waals surface area contributed by atoms with Gasteiger partial charge >= 0.3 is 0 Å². The van der Waals surface area contributed by atoms with Crippen molar-refractivity contribution in [2.45, 2.75) is 39.7 Å². The number of carbonyl (C=O) groups excluding carboxylic acids is 1. The highest BCUT2D eigenvalue weighted by Gasteiger charge is 2.26. The largest absolute Gasteiger partial charge is 0.396 e. The summed E-state index contributed by atoms with van der Waals surface area (Å²) in [6, 6.07) is 3.55. The minimum absolute atomic E-state index is 0.0270. The number of hydrogen-bond donors (Lipinski definition) is 2. The normalized spacial score (nSPS) is 13.1. The van der Waals surface area contributed by atoms with Crippen molar-refractivity contribution < 1.29 is 18.7 Å². The van der Waals surface area contributed by atoms with Crippen molar-refractivity contribution in [1.82, 2.24) is 5.32 Å². The van der Waals surface area contributed by atoms with Crippen molar-refractivity contribution in [2.24, 2.45) is 5.41 Å². The zero-order valence-electron chi connectivity index (χ0n) is 12.0. The van der Waals surface area contributed by atoms with Gasteiger partial charge in [0, 0.05) is 18.2 Å². The summed E-state index contributed by atoms with van der Waals surface area (Å²) in [5, 5.41) is 11.8. The SMILES string of the molecule is CC(C)(C)C(CCO)NC(=O)Cc1cccc(F)c1F. The Balaban J connectivity index is 2.73. The average Bonchev–Trinajstić information content (AvgIpc) is 2.33. The first kappa shape index (κ1) is 16.6. The molecule has 1 atom stereocenters. The first-order valence-electron chi connectivity index (χ1n) is 6.59. The summed E-state index contributed by atoms with van der Waals surface area (Å²) in [6.45, 7) is 5.78. The molecule has 0 fully saturated rings. The molecule has 0 saturated heterocycles. The van der Waals surface area contributed by atoms with Crippen LogP contribution in [0.4, 0.5) is 8.78 Å². The van der Waals surface area contributed by atoms with Gasteiger partial charge in [0.15, 0.2) is 11.6 Å². The summed E-state index contributed by atoms with van der Waals surface area (Å²) < 4.78 is 26.5. The maximum Gasteiger partial charge on any atom is 0.224 e. The second-order valence-corrected chi connectivity index (χ2v) is 5.89. The van der Waals surface area contributed by atoms with Crippen LogP contribution in [0.2, 0.25) is 0 Å². The number of aliphatic hydroxyl groups excluding tert-OH is 1. The molecule has 0 bridgehead atoms. The Labute approximate surface area is 118 Å². The highest BCUT2D eigenvalue weighted by atomic mass is 19.2. The Morgan fingerprint density at radius 2 is 2.00 bits per heavy atom. The quantitative estimate of drug-likeness (QED) is 0.873. The Morgan fingerprint density at radius 3 is 2.55 bits per heavy atom. The van der Waals surface area contributed by atoms with Crippen LogP contribution < -0.4 is 5.32 Å². The van der Waals surface area contributed by atoms with E-state index in [9.17, 15) is 13.6 Å². The summed E-state index contributed by atoms with van der Waals surface area (Å²) >= 11 is 0. The molecule has 1 aromatic rings. The van der Waals surface area contributed by atoms with Gasteiger partial charge in [0.25, 0.3) is 0 Å². The number of amides is 1. The monoisotopic (exact) mass is 285 g/mol. The van der Waals surface area contributed by atoms with Gasteiger partial charge in [0.2, 0.25) is 5.91 Å². The maximum absolute atomic E-state index is 13.5. The minimum Gasteiger partial charge on any atom is -0.396 e. The van der Waals surface area contributed by atoms with E-state index in [0.29, 0.717) is 6.42 Å². The molecule has 0 aliphatic rings. The molecule has 1 aromatic carbocycles. The number of carbonyl (C=O) groups is 1. The standard InChI is InChI=1S/C15H21F2NO2/c1-15(2,3)12(7-8-19)18-13(20)9-10-5-4-6-11(16)14(10)17/h4-6,12,19H,7-9H2,1-3H3,(H,18,20). The van der Waals surface area contributed by atoms with Gasteiger partial charge in [-0.2, -0.15) is 0 Å². The van der Waals surface area contributed by atoms with Gasteiger partial charge in [0.1, 0.15) is 0 Å². The maximum atomic E-state index is 13.5. The molecule has 2 N–H and O–H groups in total. The summed E-state index contributed by atoms with van der Waals surface area (Å²) in [4.78, 5) is 11.9. The number of halogens is 2. The van der Waals surface area contributed by atoms with Crippen molar-refractivity contribution in [3.8, 4) is 0 Å². The summed E-state index contributed by atoms with van der Waals surface area (Å²) in [5.41, 5.74) is -0.196. The zero-order valence-corrected chi connectivity index (χ0v) is 12.0. The fourth-order valence-corrected chi connectivity index (χ4v) is 1.95. The molecule has 1 rings (SSSR count). The van der Waals surface area contributed by atoms with E-state index in [0.717, 1.165) is 6.07 Å². The van der Waals surface area contributed by atoms with Crippen molar-refractivity contribution in [1.29, 1.82) is 0 Å². The first-order valence-corrected chi connectivity index (χ1v) is 6.59. The molecule has 0 radical (unpaired) electrons. The fourth-order valence-electron chi connectivity index (χ4n) is 1.95. The summed E-state index contributed by atoms with van der Waals surface area (Å²) in [7, 11) is 0. The molecule has 20 heavy (non-hydrogen) atoms. The van der Waals surface area contributed by atoms with Crippen molar-refractivity contribution in [3.05, 3.63) is 35.4 Å². The third-order valence-electron chi connectivity index (χ3n) is 3.18. The van der Waals surface area contributed by atoms with Gasteiger partial charge < -0.3 is 10.4 Å². The van der Waals surface area contributed by atoms with Gasteiger partial charge in [-0.25, -0.2) is 8.78 Å². The van der Waals surface area contributed by atoms with E-state index in [4.69, 9.17) is 5.11 Å². The molecule has 3 nitrogen and oxygen atoms in total. The number of hydrogen-bond acceptors (Lipinski definition) is 2. The molecule has 0 saturated carbocycles. The lowest BCUT2D eigenvalue weighted by molar-refractivity contribution is -0.122. The Morgan fingerprint density at radius 1 is 1.35 bits per heavy atom. The molecule has 0 aliphatic heterocycles. The lowest BCUT2D eigenvalue weighted by Gasteiger charge is -2.31. The van der Waals surface area contributed by atoms with Crippen LogP contribution in [0.15, 0.2) is 18.2 Å². The van der Waals surface area contributed by atoms with E-state index < -0.39 is 11.6 Å². The molecule has 0 aromatic heterocycles. The predicted octanol–water partition coefficient (Wildman–Crippen LogP) is 2.42. The van der Waals surface area contributed by atoms with Crippen LogP contribution in [0, 0.1) is 17.0 Å². The van der Waals surface area contributed by atoms with E-state index in [1.54, 1.807) is 0 Å². The topological polar surface area (TPSA) is 49.3 Å². The third kappa shape index (κ3) is 4.56. The van der Waals surface area contributed by atoms with Crippen LogP contribution in [0.5, 0.6) is 0 Å². The summed E-state index contributed by atoms with van der Waals surface area (Å²) in [6.07, 6.45) is 0.197. The van der Waals surface area contributed by atoms with Crippen LogP contribution >= 0.6 is 0 Å². The van der Waals surface area contributed by atoms with E-state index in [2.05, 4.69) is 5.32 Å². The van der Waals surface area contributed by atoms with Crippen LogP contribution in [0.25, 0.3) is 0 Å². The van der Waals surface area contributed by atoms with Crippen molar-refractivity contribution in [2.75, 3.05) is 6.61 Å². The first-order chi connectivity index (χ1) is 9.25. The van der Waals surface area contributed by atoms with Gasteiger partial charge in [-0.05, 0) is 17.9 Å². The Bertz CT molecular complexity index is 469. The van der Waals surface area contributed by atoms with Crippen molar-refractivity contribution in [3.63, 3.8) is 0 Å². The zero-order chi connectivity index (χ0) is 15.3. The highest BCUT2D eigenvalue weighted by molar-refractivity contribution is 5.79. The number of benzene rings is 1. The third-order valence-corrected chi connectivity index (χ3v) is 3.18. The van der Waals surface area contributed by atoms with E-state index in [1.807, 2.05) is 20.8 Å². The van der Waals surface area contributed by atoms with Crippen LogP contribution in [-0.4, -0.2) is 23.7 Å². The van der Waals surface area contributed by atoms with E-state index >= 15 is 0 Å². The molecular weight excluding hydrogens is 264 g/mol. The lowest BCUT2D eigenvalue weighted by atomic mass is 9.85. The fraction of sp³-hybridized carbons (Fsp3) is 0.533. The summed E-state index contributed by atoms with van der Waals surface area (Å²) in [5.74, 6) is -2.34. The van der Waals surface area contributed by atoms with E-state index in [1.165, 1.54) is 12.1 Å². The molecule has 0 spiro atoms. The predicted molar refractivity (Wildman–Crippen MR) is 73.2 cm³/mol. The second kappa shape index (κ2) is 6.79.